The second-order valence-corrected chi connectivity index (χ2v) is 5.95. The van der Waals surface area contributed by atoms with Crippen LogP contribution in [0.15, 0.2) is 5.16 Å². The van der Waals surface area contributed by atoms with E-state index in [1.54, 1.807) is 0 Å². The van der Waals surface area contributed by atoms with Gasteiger partial charge in [-0.05, 0) is 26.2 Å². The van der Waals surface area contributed by atoms with Crippen LogP contribution in [-0.4, -0.2) is 63.3 Å². The maximum atomic E-state index is 9.44. The topological polar surface area (TPSA) is 94.4 Å². The van der Waals surface area contributed by atoms with E-state index in [1.165, 1.54) is 18.2 Å². The maximum absolute atomic E-state index is 9.44. The molecular weight excluding hydrogens is 290 g/mol. The molecule has 0 aromatic carbocycles. The number of hydrogen-bond acceptors (Lipinski definition) is 8. The van der Waals surface area contributed by atoms with Gasteiger partial charge in [0.15, 0.2) is 5.16 Å². The van der Waals surface area contributed by atoms with Gasteiger partial charge in [0.05, 0.1) is 12.7 Å². The highest BCUT2D eigenvalue weighted by Gasteiger charge is 2.16. The number of aliphatic hydroxyl groups is 2. The Bertz CT molecular complexity index is 443. The van der Waals surface area contributed by atoms with Crippen molar-refractivity contribution in [3.8, 4) is 0 Å². The van der Waals surface area contributed by atoms with Crippen LogP contribution in [-0.2, 0) is 0 Å². The Hall–Kier alpha value is -1.12. The van der Waals surface area contributed by atoms with Gasteiger partial charge >= 0.3 is 0 Å². The van der Waals surface area contributed by atoms with Gasteiger partial charge in [-0.1, -0.05) is 11.8 Å². The van der Waals surface area contributed by atoms with Crippen LogP contribution < -0.4 is 10.2 Å². The molecule has 0 bridgehead atoms. The Morgan fingerprint density at radius 3 is 2.67 bits per heavy atom. The van der Waals surface area contributed by atoms with E-state index >= 15 is 0 Å². The van der Waals surface area contributed by atoms with Crippen molar-refractivity contribution < 1.29 is 10.2 Å². The molecule has 0 aliphatic carbocycles. The average molecular weight is 313 g/mol. The third kappa shape index (κ3) is 4.98. The van der Waals surface area contributed by atoms with Crippen molar-refractivity contribution in [3.05, 3.63) is 0 Å². The van der Waals surface area contributed by atoms with E-state index in [4.69, 9.17) is 5.11 Å². The summed E-state index contributed by atoms with van der Waals surface area (Å²) in [5.74, 6) is 1.63. The molecule has 1 aliphatic heterocycles. The number of hydrogen-bond donors (Lipinski definition) is 3. The summed E-state index contributed by atoms with van der Waals surface area (Å²) in [6.45, 7) is 4.43. The van der Waals surface area contributed by atoms with Crippen molar-refractivity contribution in [2.24, 2.45) is 0 Å². The molecule has 1 aliphatic rings. The summed E-state index contributed by atoms with van der Waals surface area (Å²) in [4.78, 5) is 15.5. The monoisotopic (exact) mass is 313 g/mol. The van der Waals surface area contributed by atoms with Crippen LogP contribution in [0.1, 0.15) is 26.2 Å². The van der Waals surface area contributed by atoms with Crippen LogP contribution >= 0.6 is 11.8 Å². The molecule has 0 radical (unpaired) electrons. The molecule has 3 N–H and O–H groups in total. The molecule has 118 valence electrons. The fourth-order valence-electron chi connectivity index (χ4n) is 2.11. The van der Waals surface area contributed by atoms with E-state index < -0.39 is 6.10 Å². The van der Waals surface area contributed by atoms with Gasteiger partial charge in [0.25, 0.3) is 0 Å². The summed E-state index contributed by atoms with van der Waals surface area (Å²) in [5, 5.41) is 22.0. The van der Waals surface area contributed by atoms with Gasteiger partial charge in [-0.25, -0.2) is 0 Å². The van der Waals surface area contributed by atoms with E-state index in [-0.39, 0.29) is 6.61 Å². The SMILES string of the molecule is CCNc1nc(SCC(O)CO)nc(N2CCCCC2)n1. The van der Waals surface area contributed by atoms with E-state index in [1.807, 2.05) is 6.92 Å². The van der Waals surface area contributed by atoms with E-state index in [9.17, 15) is 5.11 Å². The Labute approximate surface area is 129 Å². The minimum atomic E-state index is -0.757. The third-order valence-electron chi connectivity index (χ3n) is 3.19. The molecule has 0 spiro atoms. The zero-order valence-electron chi connectivity index (χ0n) is 12.3. The number of piperidine rings is 1. The van der Waals surface area contributed by atoms with Crippen LogP contribution in [0.3, 0.4) is 0 Å². The molecule has 1 unspecified atom stereocenters. The first kappa shape index (κ1) is 16.3. The average Bonchev–Trinajstić information content (AvgIpc) is 2.53. The number of anilines is 2. The second-order valence-electron chi connectivity index (χ2n) is 4.97. The maximum Gasteiger partial charge on any atom is 0.231 e. The van der Waals surface area contributed by atoms with Crippen molar-refractivity contribution in [2.45, 2.75) is 37.4 Å². The number of nitrogens with zero attached hydrogens (tertiary/aromatic N) is 4. The molecular formula is C13H23N5O2S. The van der Waals surface area contributed by atoms with Crippen molar-refractivity contribution >= 4 is 23.7 Å². The highest BCUT2D eigenvalue weighted by atomic mass is 32.2. The van der Waals surface area contributed by atoms with E-state index in [0.717, 1.165) is 32.5 Å². The van der Waals surface area contributed by atoms with E-state index in [0.29, 0.717) is 22.8 Å². The standard InChI is InChI=1S/C13H23N5O2S/c1-2-14-11-15-12(18-6-4-3-5-7-18)17-13(16-11)21-9-10(20)8-19/h10,19-20H,2-9H2,1H3,(H,14,15,16,17). The number of aliphatic hydroxyl groups excluding tert-OH is 2. The van der Waals surface area contributed by atoms with Crippen LogP contribution in [0.5, 0.6) is 0 Å². The highest BCUT2D eigenvalue weighted by Crippen LogP contribution is 2.21. The minimum Gasteiger partial charge on any atom is -0.394 e. The van der Waals surface area contributed by atoms with Gasteiger partial charge in [0, 0.05) is 25.4 Å². The Balaban J connectivity index is 2.12. The molecule has 1 aromatic rings. The lowest BCUT2D eigenvalue weighted by Crippen LogP contribution is -2.31. The molecule has 1 saturated heterocycles. The van der Waals surface area contributed by atoms with Crippen molar-refractivity contribution in [1.82, 2.24) is 15.0 Å². The highest BCUT2D eigenvalue weighted by molar-refractivity contribution is 7.99. The molecule has 1 fully saturated rings. The number of nitrogens with one attached hydrogen (secondary N) is 1. The van der Waals surface area contributed by atoms with Crippen molar-refractivity contribution in [2.75, 3.05) is 42.2 Å². The van der Waals surface area contributed by atoms with Gasteiger partial charge in [0.1, 0.15) is 0 Å². The molecule has 2 rings (SSSR count). The number of thioether (sulfide) groups is 1. The van der Waals surface area contributed by atoms with E-state index in [2.05, 4.69) is 25.2 Å². The molecule has 7 nitrogen and oxygen atoms in total. The smallest absolute Gasteiger partial charge is 0.231 e. The summed E-state index contributed by atoms with van der Waals surface area (Å²) in [7, 11) is 0. The summed E-state index contributed by atoms with van der Waals surface area (Å²) >= 11 is 1.33. The third-order valence-corrected chi connectivity index (χ3v) is 4.18. The molecule has 1 atom stereocenters. The van der Waals surface area contributed by atoms with Crippen LogP contribution in [0.4, 0.5) is 11.9 Å². The summed E-state index contributed by atoms with van der Waals surface area (Å²) in [6, 6.07) is 0. The molecule has 8 heteroatoms. The predicted octanol–water partition coefficient (Wildman–Crippen LogP) is 0.739. The Kier molecular flexibility index (Phi) is 6.47. The van der Waals surface area contributed by atoms with Crippen LogP contribution in [0.2, 0.25) is 0 Å². The van der Waals surface area contributed by atoms with Crippen molar-refractivity contribution in [1.29, 1.82) is 0 Å². The lowest BCUT2D eigenvalue weighted by atomic mass is 10.1. The normalized spacial score (nSPS) is 16.8. The first-order chi connectivity index (χ1) is 10.2. The van der Waals surface area contributed by atoms with Gasteiger partial charge in [-0.15, -0.1) is 0 Å². The minimum absolute atomic E-state index is 0.253. The van der Waals surface area contributed by atoms with Crippen LogP contribution in [0, 0.1) is 0 Å². The lowest BCUT2D eigenvalue weighted by molar-refractivity contribution is 0.113. The largest absolute Gasteiger partial charge is 0.394 e. The molecule has 0 amide bonds. The number of aromatic nitrogens is 3. The summed E-state index contributed by atoms with van der Waals surface area (Å²) in [5.41, 5.74) is 0. The first-order valence-corrected chi connectivity index (χ1v) is 8.38. The predicted molar refractivity (Wildman–Crippen MR) is 83.9 cm³/mol. The molecule has 1 aromatic heterocycles. The molecule has 21 heavy (non-hydrogen) atoms. The van der Waals surface area contributed by atoms with Gasteiger partial charge in [-0.2, -0.15) is 15.0 Å². The number of rotatable bonds is 7. The molecule has 0 saturated carbocycles. The van der Waals surface area contributed by atoms with Crippen molar-refractivity contribution in [3.63, 3.8) is 0 Å². The quantitative estimate of drug-likeness (QED) is 0.635. The fraction of sp³-hybridized carbons (Fsp3) is 0.769. The van der Waals surface area contributed by atoms with Gasteiger partial charge in [0.2, 0.25) is 11.9 Å². The summed E-state index contributed by atoms with van der Waals surface area (Å²) < 4.78 is 0. The Morgan fingerprint density at radius 1 is 1.24 bits per heavy atom. The lowest BCUT2D eigenvalue weighted by Gasteiger charge is -2.26. The Morgan fingerprint density at radius 2 is 2.00 bits per heavy atom. The second kappa shape index (κ2) is 8.35. The zero-order valence-corrected chi connectivity index (χ0v) is 13.1. The molecule has 2 heterocycles. The summed E-state index contributed by atoms with van der Waals surface area (Å²) in [6.07, 6.45) is 2.82. The zero-order chi connectivity index (χ0) is 15.1. The van der Waals surface area contributed by atoms with Gasteiger partial charge in [-0.3, -0.25) is 0 Å². The fourth-order valence-corrected chi connectivity index (χ4v) is 2.85. The van der Waals surface area contributed by atoms with Gasteiger partial charge < -0.3 is 20.4 Å². The van der Waals surface area contributed by atoms with Crippen LogP contribution in [0.25, 0.3) is 0 Å². The first-order valence-electron chi connectivity index (χ1n) is 7.39.